The Morgan fingerprint density at radius 2 is 1.92 bits per heavy atom. The Morgan fingerprint density at radius 3 is 2.62 bits per heavy atom. The number of β-amino-alcohol motifs (C(OH)–C–C–N with tert-alkyl or cyclic N) is 1. The van der Waals surface area contributed by atoms with Gasteiger partial charge in [0.1, 0.15) is 4.88 Å². The summed E-state index contributed by atoms with van der Waals surface area (Å²) in [5.74, 6) is -0.532. The van der Waals surface area contributed by atoms with Crippen molar-refractivity contribution in [1.29, 1.82) is 0 Å². The topological polar surface area (TPSA) is 70.1 Å². The number of hydrogen-bond donors (Lipinski definition) is 1. The van der Waals surface area contributed by atoms with Gasteiger partial charge in [-0.3, -0.25) is 9.69 Å². The number of nitrogens with zero attached hydrogens (tertiary/aromatic N) is 2. The van der Waals surface area contributed by atoms with Gasteiger partial charge in [-0.2, -0.15) is 0 Å². The minimum absolute atomic E-state index is 0.135. The van der Waals surface area contributed by atoms with Crippen LogP contribution < -0.4 is 0 Å². The zero-order valence-electron chi connectivity index (χ0n) is 13.8. The highest BCUT2D eigenvalue weighted by atomic mass is 32.1. The molecular formula is C17H24N2O4S. The summed E-state index contributed by atoms with van der Waals surface area (Å²) in [5, 5.41) is 8.93. The first-order valence-corrected chi connectivity index (χ1v) is 9.38. The van der Waals surface area contributed by atoms with Gasteiger partial charge in [-0.25, -0.2) is 4.79 Å². The molecule has 6 nitrogen and oxygen atoms in total. The molecule has 1 aliphatic carbocycles. The van der Waals surface area contributed by atoms with Gasteiger partial charge < -0.3 is 14.7 Å². The summed E-state index contributed by atoms with van der Waals surface area (Å²) in [7, 11) is 0. The average molecular weight is 352 g/mol. The second kappa shape index (κ2) is 8.09. The number of aliphatic hydroxyl groups is 1. The van der Waals surface area contributed by atoms with Gasteiger partial charge in [0.25, 0.3) is 5.91 Å². The molecule has 0 unspecified atom stereocenters. The van der Waals surface area contributed by atoms with Crippen LogP contribution in [-0.2, 0) is 22.4 Å². The van der Waals surface area contributed by atoms with Crippen molar-refractivity contribution < 1.29 is 19.4 Å². The van der Waals surface area contributed by atoms with E-state index in [0.717, 1.165) is 25.9 Å². The van der Waals surface area contributed by atoms with E-state index in [1.165, 1.54) is 34.6 Å². The molecular weight excluding hydrogens is 328 g/mol. The van der Waals surface area contributed by atoms with Crippen molar-refractivity contribution in [2.45, 2.75) is 25.7 Å². The minimum Gasteiger partial charge on any atom is -0.451 e. The van der Waals surface area contributed by atoms with Crippen molar-refractivity contribution in [3.63, 3.8) is 0 Å². The molecule has 0 atom stereocenters. The smallest absolute Gasteiger partial charge is 0.348 e. The summed E-state index contributed by atoms with van der Waals surface area (Å²) in [6.07, 6.45) is 4.45. The maximum Gasteiger partial charge on any atom is 0.348 e. The van der Waals surface area contributed by atoms with Crippen LogP contribution in [0.4, 0.5) is 0 Å². The Morgan fingerprint density at radius 1 is 1.17 bits per heavy atom. The molecule has 2 heterocycles. The third kappa shape index (κ3) is 4.15. The molecule has 0 radical (unpaired) electrons. The van der Waals surface area contributed by atoms with Crippen molar-refractivity contribution in [2.24, 2.45) is 0 Å². The summed E-state index contributed by atoms with van der Waals surface area (Å²) in [6.45, 7) is 3.31. The molecule has 0 saturated carbocycles. The molecule has 7 heteroatoms. The maximum atomic E-state index is 12.2. The number of hydrogen-bond acceptors (Lipinski definition) is 6. The number of aryl methyl sites for hydroxylation is 2. The standard InChI is InChI=1S/C17H24N2O4S/c20-10-9-18-5-7-19(8-6-18)16(21)12-23-17(22)15-11-13-3-1-2-4-14(13)24-15/h11,20H,1-10,12H2. The molecule has 0 bridgehead atoms. The molecule has 1 fully saturated rings. The number of aliphatic hydroxyl groups excluding tert-OH is 1. The van der Waals surface area contributed by atoms with Gasteiger partial charge in [0.05, 0.1) is 6.61 Å². The number of rotatable bonds is 5. The predicted octanol–water partition coefficient (Wildman–Crippen LogP) is 0.920. The summed E-state index contributed by atoms with van der Waals surface area (Å²) in [4.78, 5) is 30.1. The maximum absolute atomic E-state index is 12.2. The van der Waals surface area contributed by atoms with Crippen molar-refractivity contribution in [2.75, 3.05) is 45.9 Å². The SMILES string of the molecule is O=C(OCC(=O)N1CCN(CCO)CC1)c1cc2c(s1)CCCC2. The van der Waals surface area contributed by atoms with Crippen LogP contribution in [0, 0.1) is 0 Å². The van der Waals surface area contributed by atoms with E-state index in [4.69, 9.17) is 9.84 Å². The average Bonchev–Trinajstić information content (AvgIpc) is 3.04. The van der Waals surface area contributed by atoms with E-state index in [1.54, 1.807) is 4.90 Å². The first kappa shape index (κ1) is 17.4. The zero-order chi connectivity index (χ0) is 16.9. The number of fused-ring (bicyclic) bond motifs is 1. The first-order chi connectivity index (χ1) is 11.7. The van der Waals surface area contributed by atoms with Gasteiger partial charge in [-0.15, -0.1) is 11.3 Å². The van der Waals surface area contributed by atoms with E-state index in [9.17, 15) is 9.59 Å². The van der Waals surface area contributed by atoms with Gasteiger partial charge in [-0.1, -0.05) is 0 Å². The number of carbonyl (C=O) groups excluding carboxylic acids is 2. The van der Waals surface area contributed by atoms with Crippen LogP contribution in [-0.4, -0.2) is 72.7 Å². The van der Waals surface area contributed by atoms with Gasteiger partial charge in [-0.05, 0) is 37.3 Å². The Hall–Kier alpha value is -1.44. The zero-order valence-corrected chi connectivity index (χ0v) is 14.6. The molecule has 24 heavy (non-hydrogen) atoms. The van der Waals surface area contributed by atoms with Gasteiger partial charge >= 0.3 is 5.97 Å². The summed E-state index contributed by atoms with van der Waals surface area (Å²) >= 11 is 1.51. The van der Waals surface area contributed by atoms with E-state index < -0.39 is 0 Å². The van der Waals surface area contributed by atoms with Crippen molar-refractivity contribution >= 4 is 23.2 Å². The van der Waals surface area contributed by atoms with E-state index in [2.05, 4.69) is 4.90 Å². The number of thiophene rings is 1. The minimum atomic E-state index is -0.387. The summed E-state index contributed by atoms with van der Waals surface area (Å²) in [5.41, 5.74) is 1.27. The van der Waals surface area contributed by atoms with E-state index in [-0.39, 0.29) is 25.1 Å². The monoisotopic (exact) mass is 352 g/mol. The molecule has 3 rings (SSSR count). The molecule has 1 aromatic rings. The number of carbonyl (C=O) groups is 2. The highest BCUT2D eigenvalue weighted by molar-refractivity contribution is 7.14. The fourth-order valence-electron chi connectivity index (χ4n) is 3.24. The third-order valence-corrected chi connectivity index (χ3v) is 5.88. The van der Waals surface area contributed by atoms with E-state index >= 15 is 0 Å². The fourth-order valence-corrected chi connectivity index (χ4v) is 4.39. The van der Waals surface area contributed by atoms with Crippen LogP contribution in [0.25, 0.3) is 0 Å². The number of ether oxygens (including phenoxy) is 1. The van der Waals surface area contributed by atoms with Crippen LogP contribution >= 0.6 is 11.3 Å². The lowest BCUT2D eigenvalue weighted by Gasteiger charge is -2.34. The molecule has 1 saturated heterocycles. The largest absolute Gasteiger partial charge is 0.451 e. The Balaban J connectivity index is 1.46. The van der Waals surface area contributed by atoms with Gasteiger partial charge in [0, 0.05) is 37.6 Å². The van der Waals surface area contributed by atoms with Crippen molar-refractivity contribution in [3.8, 4) is 0 Å². The summed E-state index contributed by atoms with van der Waals surface area (Å²) in [6, 6.07) is 1.93. The van der Waals surface area contributed by atoms with Crippen LogP contribution in [0.2, 0.25) is 0 Å². The number of piperazine rings is 1. The Bertz CT molecular complexity index is 570. The first-order valence-electron chi connectivity index (χ1n) is 8.57. The molecule has 1 N–H and O–H groups in total. The second-order valence-electron chi connectivity index (χ2n) is 6.29. The van der Waals surface area contributed by atoms with Crippen LogP contribution in [0.1, 0.15) is 33.0 Å². The summed E-state index contributed by atoms with van der Waals surface area (Å²) < 4.78 is 5.22. The van der Waals surface area contributed by atoms with Crippen LogP contribution in [0.3, 0.4) is 0 Å². The van der Waals surface area contributed by atoms with Gasteiger partial charge in [0.2, 0.25) is 0 Å². The lowest BCUT2D eigenvalue weighted by atomic mass is 9.99. The molecule has 1 aliphatic heterocycles. The normalized spacial score (nSPS) is 18.3. The number of esters is 1. The highest BCUT2D eigenvalue weighted by Gasteiger charge is 2.23. The quantitative estimate of drug-likeness (QED) is 0.798. The lowest BCUT2D eigenvalue weighted by Crippen LogP contribution is -2.50. The third-order valence-electron chi connectivity index (χ3n) is 4.67. The van der Waals surface area contributed by atoms with Crippen LogP contribution in [0.15, 0.2) is 6.07 Å². The Labute approximate surface area is 146 Å². The van der Waals surface area contributed by atoms with Gasteiger partial charge in [0.15, 0.2) is 6.61 Å². The molecule has 2 aliphatic rings. The molecule has 1 amide bonds. The van der Waals surface area contributed by atoms with Crippen molar-refractivity contribution in [3.05, 3.63) is 21.4 Å². The van der Waals surface area contributed by atoms with E-state index in [1.807, 2.05) is 6.07 Å². The molecule has 0 aromatic carbocycles. The van der Waals surface area contributed by atoms with Crippen molar-refractivity contribution in [1.82, 2.24) is 9.80 Å². The Kier molecular flexibility index (Phi) is 5.86. The van der Waals surface area contributed by atoms with Crippen LogP contribution in [0.5, 0.6) is 0 Å². The van der Waals surface area contributed by atoms with E-state index in [0.29, 0.717) is 24.5 Å². The second-order valence-corrected chi connectivity index (χ2v) is 7.43. The highest BCUT2D eigenvalue weighted by Crippen LogP contribution is 2.30. The fraction of sp³-hybridized carbons (Fsp3) is 0.647. The molecule has 1 aromatic heterocycles. The molecule has 132 valence electrons. The molecule has 0 spiro atoms. The number of amides is 1. The lowest BCUT2D eigenvalue weighted by molar-refractivity contribution is -0.136. The predicted molar refractivity (Wildman–Crippen MR) is 91.3 cm³/mol.